The molecule has 1 heterocycles. The van der Waals surface area contributed by atoms with Crippen molar-refractivity contribution < 1.29 is 24.9 Å². The van der Waals surface area contributed by atoms with E-state index in [0.717, 1.165) is 0 Å². The first-order valence-electron chi connectivity index (χ1n) is 7.08. The highest BCUT2D eigenvalue weighted by Gasteiger charge is 2.44. The van der Waals surface area contributed by atoms with Crippen molar-refractivity contribution in [2.24, 2.45) is 0 Å². The SMILES string of the molecule is CC1(C/C(=C/C(=O)O)C(=O)O)C[C@H]([C@@H](O)c2cccc(Cl)c2)N1. The van der Waals surface area contributed by atoms with Crippen LogP contribution in [0.5, 0.6) is 0 Å². The summed E-state index contributed by atoms with van der Waals surface area (Å²) < 4.78 is 0. The largest absolute Gasteiger partial charge is 0.478 e. The van der Waals surface area contributed by atoms with E-state index in [2.05, 4.69) is 5.32 Å². The van der Waals surface area contributed by atoms with E-state index in [4.69, 9.17) is 21.8 Å². The fraction of sp³-hybridized carbons (Fsp3) is 0.375. The molecular weight excluding hydrogens is 322 g/mol. The third-order valence-corrected chi connectivity index (χ3v) is 4.16. The molecule has 2 rings (SSSR count). The number of halogens is 1. The van der Waals surface area contributed by atoms with Crippen LogP contribution in [0.15, 0.2) is 35.9 Å². The third-order valence-electron chi connectivity index (χ3n) is 3.93. The van der Waals surface area contributed by atoms with Gasteiger partial charge in [0.25, 0.3) is 0 Å². The fourth-order valence-corrected chi connectivity index (χ4v) is 3.10. The van der Waals surface area contributed by atoms with Crippen LogP contribution < -0.4 is 5.32 Å². The molecule has 0 radical (unpaired) electrons. The second-order valence-corrected chi connectivity index (χ2v) is 6.44. The molecule has 0 spiro atoms. The molecule has 1 aliphatic rings. The maximum absolute atomic E-state index is 11.1. The van der Waals surface area contributed by atoms with Crippen molar-refractivity contribution in [1.29, 1.82) is 0 Å². The summed E-state index contributed by atoms with van der Waals surface area (Å²) in [6.45, 7) is 1.80. The van der Waals surface area contributed by atoms with E-state index < -0.39 is 23.6 Å². The lowest BCUT2D eigenvalue weighted by Crippen LogP contribution is -2.64. The molecule has 1 unspecified atom stereocenters. The lowest BCUT2D eigenvalue weighted by molar-refractivity contribution is -0.135. The number of benzene rings is 1. The molecule has 1 aromatic rings. The van der Waals surface area contributed by atoms with Crippen LogP contribution in [-0.2, 0) is 9.59 Å². The summed E-state index contributed by atoms with van der Waals surface area (Å²) in [6, 6.07) is 6.67. The highest BCUT2D eigenvalue weighted by atomic mass is 35.5. The molecule has 7 heteroatoms. The Labute approximate surface area is 138 Å². The Balaban J connectivity index is 2.01. The Morgan fingerprint density at radius 2 is 2.13 bits per heavy atom. The molecule has 1 aromatic carbocycles. The van der Waals surface area contributed by atoms with E-state index in [1.807, 2.05) is 0 Å². The number of carboxylic acid groups (broad SMARTS) is 2. The van der Waals surface area contributed by atoms with Crippen molar-refractivity contribution in [3.8, 4) is 0 Å². The number of hydrogen-bond acceptors (Lipinski definition) is 4. The highest BCUT2D eigenvalue weighted by Crippen LogP contribution is 2.37. The van der Waals surface area contributed by atoms with E-state index in [1.54, 1.807) is 31.2 Å². The minimum Gasteiger partial charge on any atom is -0.478 e. The van der Waals surface area contributed by atoms with Gasteiger partial charge in [0.1, 0.15) is 0 Å². The first-order chi connectivity index (χ1) is 10.7. The van der Waals surface area contributed by atoms with Crippen molar-refractivity contribution in [1.82, 2.24) is 5.32 Å². The van der Waals surface area contributed by atoms with Gasteiger partial charge in [-0.25, -0.2) is 9.59 Å². The molecule has 0 bridgehead atoms. The average molecular weight is 340 g/mol. The van der Waals surface area contributed by atoms with Gasteiger partial charge in [0.15, 0.2) is 0 Å². The Hall–Kier alpha value is -1.89. The molecule has 4 N–H and O–H groups in total. The minimum atomic E-state index is -1.29. The molecular formula is C16H18ClNO5. The van der Waals surface area contributed by atoms with Gasteiger partial charge >= 0.3 is 11.9 Å². The first-order valence-corrected chi connectivity index (χ1v) is 7.46. The van der Waals surface area contributed by atoms with Crippen LogP contribution in [0.4, 0.5) is 0 Å². The van der Waals surface area contributed by atoms with Crippen molar-refractivity contribution in [2.75, 3.05) is 0 Å². The number of rotatable bonds is 6. The maximum Gasteiger partial charge on any atom is 0.331 e. The van der Waals surface area contributed by atoms with Crippen LogP contribution in [0, 0.1) is 0 Å². The topological polar surface area (TPSA) is 107 Å². The van der Waals surface area contributed by atoms with E-state index in [-0.39, 0.29) is 18.0 Å². The summed E-state index contributed by atoms with van der Waals surface area (Å²) in [5.41, 5.74) is -0.0658. The molecule has 124 valence electrons. The van der Waals surface area contributed by atoms with Crippen LogP contribution in [0.25, 0.3) is 0 Å². The van der Waals surface area contributed by atoms with Gasteiger partial charge in [-0.2, -0.15) is 0 Å². The van der Waals surface area contributed by atoms with Gasteiger partial charge in [0.05, 0.1) is 6.10 Å². The van der Waals surface area contributed by atoms with Gasteiger partial charge in [0.2, 0.25) is 0 Å². The lowest BCUT2D eigenvalue weighted by atomic mass is 9.75. The van der Waals surface area contributed by atoms with E-state index in [1.165, 1.54) is 0 Å². The van der Waals surface area contributed by atoms with Crippen molar-refractivity contribution in [2.45, 2.75) is 37.5 Å². The molecule has 1 aliphatic heterocycles. The van der Waals surface area contributed by atoms with Crippen LogP contribution >= 0.6 is 11.6 Å². The minimum absolute atomic E-state index is 0.0629. The smallest absolute Gasteiger partial charge is 0.331 e. The Bertz CT molecular complexity index is 652. The molecule has 0 amide bonds. The quantitative estimate of drug-likeness (QED) is 0.590. The molecule has 0 aromatic heterocycles. The van der Waals surface area contributed by atoms with Crippen LogP contribution in [0.3, 0.4) is 0 Å². The fourth-order valence-electron chi connectivity index (χ4n) is 2.91. The predicted molar refractivity (Wildman–Crippen MR) is 84.3 cm³/mol. The normalized spacial score (nSPS) is 25.5. The van der Waals surface area contributed by atoms with Gasteiger partial charge in [-0.3, -0.25) is 0 Å². The zero-order chi connectivity index (χ0) is 17.2. The summed E-state index contributed by atoms with van der Waals surface area (Å²) in [4.78, 5) is 21.8. The molecule has 1 fully saturated rings. The molecule has 1 saturated heterocycles. The first kappa shape index (κ1) is 17.5. The Morgan fingerprint density at radius 1 is 1.48 bits per heavy atom. The van der Waals surface area contributed by atoms with Crippen molar-refractivity contribution >= 4 is 23.5 Å². The second kappa shape index (κ2) is 6.70. The number of aliphatic carboxylic acids is 2. The summed E-state index contributed by atoms with van der Waals surface area (Å²) in [7, 11) is 0. The summed E-state index contributed by atoms with van der Waals surface area (Å²) in [5, 5.41) is 31.8. The van der Waals surface area contributed by atoms with Crippen LogP contribution in [0.2, 0.25) is 5.02 Å². The predicted octanol–water partition coefficient (Wildman–Crippen LogP) is 1.98. The highest BCUT2D eigenvalue weighted by molar-refractivity contribution is 6.30. The maximum atomic E-state index is 11.1. The van der Waals surface area contributed by atoms with Gasteiger partial charge in [0, 0.05) is 28.3 Å². The Kier molecular flexibility index (Phi) is 5.09. The molecule has 23 heavy (non-hydrogen) atoms. The van der Waals surface area contributed by atoms with Gasteiger partial charge < -0.3 is 20.6 Å². The number of aliphatic hydroxyl groups is 1. The number of carboxylic acids is 2. The van der Waals surface area contributed by atoms with Crippen molar-refractivity contribution in [3.63, 3.8) is 0 Å². The number of hydrogen-bond donors (Lipinski definition) is 4. The van der Waals surface area contributed by atoms with Crippen LogP contribution in [0.1, 0.15) is 31.4 Å². The van der Waals surface area contributed by atoms with Gasteiger partial charge in [-0.05, 0) is 37.5 Å². The third kappa shape index (κ3) is 4.31. The number of aliphatic hydroxyl groups excluding tert-OH is 1. The van der Waals surface area contributed by atoms with Gasteiger partial charge in [-0.15, -0.1) is 0 Å². The monoisotopic (exact) mass is 339 g/mol. The number of carbonyl (C=O) groups is 2. The average Bonchev–Trinajstić information content (AvgIpc) is 2.42. The van der Waals surface area contributed by atoms with E-state index in [9.17, 15) is 14.7 Å². The van der Waals surface area contributed by atoms with E-state index in [0.29, 0.717) is 23.1 Å². The standard InChI is InChI=1S/C16H18ClNO5/c1-16(7-10(15(22)23)6-13(19)20)8-12(18-16)14(21)9-3-2-4-11(17)5-9/h2-6,12,14,18,21H,7-8H2,1H3,(H,19,20)(H,22,23)/b10-6-/t12-,14+,16?/m1/s1. The zero-order valence-corrected chi connectivity index (χ0v) is 13.2. The molecule has 3 atom stereocenters. The van der Waals surface area contributed by atoms with E-state index >= 15 is 0 Å². The Morgan fingerprint density at radius 3 is 2.65 bits per heavy atom. The van der Waals surface area contributed by atoms with Crippen LogP contribution in [-0.4, -0.2) is 38.8 Å². The lowest BCUT2D eigenvalue weighted by Gasteiger charge is -2.49. The summed E-state index contributed by atoms with van der Waals surface area (Å²) >= 11 is 5.90. The molecule has 0 aliphatic carbocycles. The second-order valence-electron chi connectivity index (χ2n) is 6.01. The number of nitrogens with one attached hydrogen (secondary N) is 1. The molecule has 0 saturated carbocycles. The van der Waals surface area contributed by atoms with Gasteiger partial charge in [-0.1, -0.05) is 23.7 Å². The summed E-state index contributed by atoms with van der Waals surface area (Å²) in [6.07, 6.45) is 0.521. The molecule has 6 nitrogen and oxygen atoms in total. The zero-order valence-electron chi connectivity index (χ0n) is 12.5. The summed E-state index contributed by atoms with van der Waals surface area (Å²) in [5.74, 6) is -2.55. The van der Waals surface area contributed by atoms with Crippen molar-refractivity contribution in [3.05, 3.63) is 46.5 Å².